The van der Waals surface area contributed by atoms with Crippen LogP contribution in [0, 0.1) is 0 Å². The van der Waals surface area contributed by atoms with Crippen LogP contribution in [-0.4, -0.2) is 51.3 Å². The van der Waals surface area contributed by atoms with Gasteiger partial charge in [-0.05, 0) is 56.5 Å². The van der Waals surface area contributed by atoms with Crippen molar-refractivity contribution in [2.45, 2.75) is 32.6 Å². The van der Waals surface area contributed by atoms with Gasteiger partial charge in [0.05, 0.1) is 52.0 Å². The van der Waals surface area contributed by atoms with Crippen LogP contribution >= 0.6 is 0 Å². The van der Waals surface area contributed by atoms with Crippen molar-refractivity contribution in [2.24, 2.45) is 0 Å². The normalized spacial score (nSPS) is 10.7. The Balaban J connectivity index is 1.99. The second-order valence-electron chi connectivity index (χ2n) is 6.99. The van der Waals surface area contributed by atoms with Gasteiger partial charge in [-0.25, -0.2) is 0 Å². The van der Waals surface area contributed by atoms with Gasteiger partial charge < -0.3 is 23.7 Å². The highest BCUT2D eigenvalue weighted by Gasteiger charge is 2.12. The van der Waals surface area contributed by atoms with Crippen molar-refractivity contribution < 1.29 is 33.3 Å². The Labute approximate surface area is 194 Å². The number of allylic oxidation sites excluding steroid dienone is 1. The Bertz CT molecular complexity index is 956. The van der Waals surface area contributed by atoms with Crippen molar-refractivity contribution in [2.75, 3.05) is 34.5 Å². The van der Waals surface area contributed by atoms with Gasteiger partial charge in [-0.1, -0.05) is 0 Å². The molecule has 8 heteroatoms. The van der Waals surface area contributed by atoms with Crippen molar-refractivity contribution >= 4 is 17.8 Å². The summed E-state index contributed by atoms with van der Waals surface area (Å²) in [6.45, 7) is 2.66. The molecule has 178 valence electrons. The maximum Gasteiger partial charge on any atom is 0.305 e. The van der Waals surface area contributed by atoms with Gasteiger partial charge in [0, 0.05) is 12.5 Å². The second kappa shape index (κ2) is 13.8. The number of benzene rings is 1. The maximum absolute atomic E-state index is 12.7. The fourth-order valence-electron chi connectivity index (χ4n) is 3.02. The van der Waals surface area contributed by atoms with Gasteiger partial charge in [-0.3, -0.25) is 14.6 Å². The molecule has 0 radical (unpaired) electrons. The molecule has 2 rings (SSSR count). The molecule has 1 aromatic carbocycles. The van der Waals surface area contributed by atoms with Gasteiger partial charge in [0.25, 0.3) is 0 Å². The number of methoxy groups -OCH3 is 3. The second-order valence-corrected chi connectivity index (χ2v) is 6.99. The van der Waals surface area contributed by atoms with E-state index < -0.39 is 0 Å². The Morgan fingerprint density at radius 3 is 2.42 bits per heavy atom. The number of carbonyl (C=O) groups is 2. The predicted molar refractivity (Wildman–Crippen MR) is 124 cm³/mol. The van der Waals surface area contributed by atoms with Crippen molar-refractivity contribution in [1.29, 1.82) is 0 Å². The first-order valence-corrected chi connectivity index (χ1v) is 10.8. The number of hydrogen-bond donors (Lipinski definition) is 0. The van der Waals surface area contributed by atoms with Crippen LogP contribution in [0.1, 0.15) is 48.7 Å². The number of pyridine rings is 1. The fraction of sp³-hybridized carbons (Fsp3) is 0.400. The highest BCUT2D eigenvalue weighted by molar-refractivity contribution is 6.08. The Morgan fingerprint density at radius 2 is 1.73 bits per heavy atom. The lowest BCUT2D eigenvalue weighted by atomic mass is 10.1. The standard InChI is InChI=1S/C25H31NO7/c1-5-32-25(28)9-7-6-8-14-33-23-15-18(26-17-24(23)31-4)10-12-21(27)20-16-19(29-2)11-13-22(20)30-3/h10-13,15-17H,5-9,14H2,1-4H3. The fourth-order valence-corrected chi connectivity index (χ4v) is 3.02. The molecule has 0 fully saturated rings. The van der Waals surface area contributed by atoms with Crippen LogP contribution in [0.2, 0.25) is 0 Å². The molecule has 1 aromatic heterocycles. The summed E-state index contributed by atoms with van der Waals surface area (Å²) in [5.74, 6) is 1.64. The van der Waals surface area contributed by atoms with Gasteiger partial charge in [-0.2, -0.15) is 0 Å². The smallest absolute Gasteiger partial charge is 0.305 e. The van der Waals surface area contributed by atoms with Gasteiger partial charge in [0.1, 0.15) is 11.5 Å². The molecule has 0 atom stereocenters. The van der Waals surface area contributed by atoms with E-state index in [9.17, 15) is 9.59 Å². The zero-order valence-electron chi connectivity index (χ0n) is 19.6. The number of hydrogen-bond acceptors (Lipinski definition) is 8. The van der Waals surface area contributed by atoms with E-state index in [0.717, 1.165) is 19.3 Å². The number of nitrogens with zero attached hydrogens (tertiary/aromatic N) is 1. The van der Waals surface area contributed by atoms with Crippen LogP contribution in [0.3, 0.4) is 0 Å². The quantitative estimate of drug-likeness (QED) is 0.177. The molecule has 0 amide bonds. The minimum atomic E-state index is -0.243. The summed E-state index contributed by atoms with van der Waals surface area (Å²) in [6, 6.07) is 6.75. The van der Waals surface area contributed by atoms with Gasteiger partial charge in [0.2, 0.25) is 0 Å². The molecule has 33 heavy (non-hydrogen) atoms. The van der Waals surface area contributed by atoms with Crippen LogP contribution in [0.4, 0.5) is 0 Å². The summed E-state index contributed by atoms with van der Waals surface area (Å²) in [6.07, 6.45) is 7.36. The Morgan fingerprint density at radius 1 is 0.939 bits per heavy atom. The molecular weight excluding hydrogens is 426 g/mol. The third kappa shape index (κ3) is 8.14. The van der Waals surface area contributed by atoms with Crippen LogP contribution in [0.25, 0.3) is 6.08 Å². The van der Waals surface area contributed by atoms with Crippen molar-refractivity contribution in [3.05, 3.63) is 47.8 Å². The minimum absolute atomic E-state index is 0.174. The highest BCUT2D eigenvalue weighted by Crippen LogP contribution is 2.28. The lowest BCUT2D eigenvalue weighted by molar-refractivity contribution is -0.143. The Kier molecular flexibility index (Phi) is 10.7. The first kappa shape index (κ1) is 25.7. The van der Waals surface area contributed by atoms with E-state index in [1.165, 1.54) is 27.4 Å². The molecule has 1 heterocycles. The first-order valence-electron chi connectivity index (χ1n) is 10.8. The lowest BCUT2D eigenvalue weighted by Crippen LogP contribution is -2.04. The number of aromatic nitrogens is 1. The van der Waals surface area contributed by atoms with E-state index in [-0.39, 0.29) is 11.8 Å². The van der Waals surface area contributed by atoms with E-state index in [0.29, 0.717) is 53.9 Å². The predicted octanol–water partition coefficient (Wildman–Crippen LogP) is 4.51. The van der Waals surface area contributed by atoms with Crippen LogP contribution in [0.5, 0.6) is 23.0 Å². The number of ketones is 1. The third-order valence-corrected chi connectivity index (χ3v) is 4.74. The number of rotatable bonds is 14. The molecule has 2 aromatic rings. The summed E-state index contributed by atoms with van der Waals surface area (Å²) in [5.41, 5.74) is 0.934. The van der Waals surface area contributed by atoms with Crippen LogP contribution in [0.15, 0.2) is 36.5 Å². The summed E-state index contributed by atoms with van der Waals surface area (Å²) in [5, 5.41) is 0. The van der Waals surface area contributed by atoms with E-state index in [2.05, 4.69) is 4.98 Å². The largest absolute Gasteiger partial charge is 0.497 e. The van der Waals surface area contributed by atoms with E-state index in [1.54, 1.807) is 43.5 Å². The first-order chi connectivity index (χ1) is 16.0. The third-order valence-electron chi connectivity index (χ3n) is 4.74. The number of ether oxygens (including phenoxy) is 5. The molecule has 0 aliphatic rings. The molecule has 0 aliphatic heterocycles. The maximum atomic E-state index is 12.7. The molecule has 0 aliphatic carbocycles. The molecule has 0 N–H and O–H groups in total. The van der Waals surface area contributed by atoms with Crippen molar-refractivity contribution in [3.63, 3.8) is 0 Å². The minimum Gasteiger partial charge on any atom is -0.497 e. The van der Waals surface area contributed by atoms with Gasteiger partial charge >= 0.3 is 5.97 Å². The monoisotopic (exact) mass is 457 g/mol. The average molecular weight is 458 g/mol. The molecule has 0 bridgehead atoms. The van der Waals surface area contributed by atoms with E-state index in [4.69, 9.17) is 23.7 Å². The van der Waals surface area contributed by atoms with Gasteiger partial charge in [-0.15, -0.1) is 0 Å². The Hall–Kier alpha value is -3.55. The molecule has 0 saturated heterocycles. The topological polar surface area (TPSA) is 93.2 Å². The number of unbranched alkanes of at least 4 members (excludes halogenated alkanes) is 2. The molecule has 0 spiro atoms. The molecular formula is C25H31NO7. The van der Waals surface area contributed by atoms with Crippen LogP contribution in [-0.2, 0) is 9.53 Å². The summed E-state index contributed by atoms with van der Waals surface area (Å²) in [4.78, 5) is 28.4. The SMILES string of the molecule is CCOC(=O)CCCCCOc1cc(C=CC(=O)c2cc(OC)ccc2OC)ncc1OC. The summed E-state index contributed by atoms with van der Waals surface area (Å²) < 4.78 is 26.6. The number of esters is 1. The molecule has 0 saturated carbocycles. The number of carbonyl (C=O) groups excluding carboxylic acids is 2. The summed E-state index contributed by atoms with van der Waals surface area (Å²) >= 11 is 0. The lowest BCUT2D eigenvalue weighted by Gasteiger charge is -2.11. The average Bonchev–Trinajstić information content (AvgIpc) is 2.84. The van der Waals surface area contributed by atoms with Gasteiger partial charge in [0.15, 0.2) is 17.3 Å². The zero-order chi connectivity index (χ0) is 24.1. The van der Waals surface area contributed by atoms with E-state index >= 15 is 0 Å². The zero-order valence-corrected chi connectivity index (χ0v) is 19.6. The highest BCUT2D eigenvalue weighted by atomic mass is 16.5. The van der Waals surface area contributed by atoms with Crippen molar-refractivity contribution in [1.82, 2.24) is 4.98 Å². The summed E-state index contributed by atoms with van der Waals surface area (Å²) in [7, 11) is 4.58. The van der Waals surface area contributed by atoms with E-state index in [1.807, 2.05) is 0 Å². The van der Waals surface area contributed by atoms with Crippen molar-refractivity contribution in [3.8, 4) is 23.0 Å². The molecule has 8 nitrogen and oxygen atoms in total. The molecule has 0 unspecified atom stereocenters. The van der Waals surface area contributed by atoms with Crippen LogP contribution < -0.4 is 18.9 Å².